The lowest BCUT2D eigenvalue weighted by atomic mass is 10.1. The summed E-state index contributed by atoms with van der Waals surface area (Å²) in [6.45, 7) is 1.71. The molecule has 0 radical (unpaired) electrons. The van der Waals surface area contributed by atoms with Crippen molar-refractivity contribution < 1.29 is 19.0 Å². The molecule has 7 heteroatoms. The maximum absolute atomic E-state index is 12.6. The van der Waals surface area contributed by atoms with Crippen molar-refractivity contribution in [3.05, 3.63) is 72.3 Å². The lowest BCUT2D eigenvalue weighted by Gasteiger charge is -2.16. The summed E-state index contributed by atoms with van der Waals surface area (Å²) in [7, 11) is 3.08. The van der Waals surface area contributed by atoms with Gasteiger partial charge in [0.2, 0.25) is 5.75 Å². The molecule has 1 aromatic heterocycles. The first-order valence-corrected chi connectivity index (χ1v) is 9.38. The van der Waals surface area contributed by atoms with Gasteiger partial charge < -0.3 is 24.1 Å². The number of ether oxygens (including phenoxy) is 3. The van der Waals surface area contributed by atoms with Crippen LogP contribution in [0.5, 0.6) is 17.2 Å². The van der Waals surface area contributed by atoms with E-state index in [1.807, 2.05) is 41.1 Å². The van der Waals surface area contributed by atoms with Crippen molar-refractivity contribution in [1.29, 1.82) is 0 Å². The second kappa shape index (κ2) is 10.2. The van der Waals surface area contributed by atoms with Crippen LogP contribution in [0.1, 0.15) is 22.3 Å². The van der Waals surface area contributed by atoms with E-state index in [-0.39, 0.29) is 5.91 Å². The number of nitrogens with zero attached hydrogens (tertiary/aromatic N) is 2. The molecule has 29 heavy (non-hydrogen) atoms. The van der Waals surface area contributed by atoms with E-state index in [2.05, 4.69) is 10.3 Å². The SMILES string of the molecule is COc1cc(C(=O)NCCCn2ccnc2)cc(OC)c1OCc1ccccc1. The number of hydrogen-bond donors (Lipinski definition) is 1. The van der Waals surface area contributed by atoms with Crippen LogP contribution in [-0.4, -0.2) is 36.2 Å². The average molecular weight is 395 g/mol. The van der Waals surface area contributed by atoms with Crippen LogP contribution < -0.4 is 19.5 Å². The average Bonchev–Trinajstić information content (AvgIpc) is 3.28. The van der Waals surface area contributed by atoms with Crippen molar-refractivity contribution in [3.8, 4) is 17.2 Å². The number of hydrogen-bond acceptors (Lipinski definition) is 5. The smallest absolute Gasteiger partial charge is 0.251 e. The van der Waals surface area contributed by atoms with Crippen molar-refractivity contribution in [2.45, 2.75) is 19.6 Å². The fourth-order valence-electron chi connectivity index (χ4n) is 2.87. The minimum Gasteiger partial charge on any atom is -0.493 e. The maximum Gasteiger partial charge on any atom is 0.251 e. The number of imidazole rings is 1. The quantitative estimate of drug-likeness (QED) is 0.533. The summed E-state index contributed by atoms with van der Waals surface area (Å²) in [4.78, 5) is 16.6. The molecule has 0 bridgehead atoms. The Morgan fingerprint density at radius 1 is 1.10 bits per heavy atom. The van der Waals surface area contributed by atoms with Crippen LogP contribution in [0.3, 0.4) is 0 Å². The van der Waals surface area contributed by atoms with Gasteiger partial charge in [0.1, 0.15) is 6.61 Å². The van der Waals surface area contributed by atoms with Crippen molar-refractivity contribution in [3.63, 3.8) is 0 Å². The Kier molecular flexibility index (Phi) is 7.10. The van der Waals surface area contributed by atoms with Crippen LogP contribution in [0, 0.1) is 0 Å². The van der Waals surface area contributed by atoms with E-state index in [0.29, 0.717) is 36.0 Å². The first-order valence-electron chi connectivity index (χ1n) is 9.38. The van der Waals surface area contributed by atoms with Gasteiger partial charge >= 0.3 is 0 Å². The predicted molar refractivity (Wildman–Crippen MR) is 109 cm³/mol. The Balaban J connectivity index is 1.65. The number of aryl methyl sites for hydroxylation is 1. The molecule has 0 unspecified atom stereocenters. The Morgan fingerprint density at radius 2 is 1.83 bits per heavy atom. The van der Waals surface area contributed by atoms with Gasteiger partial charge in [0.15, 0.2) is 11.5 Å². The van der Waals surface area contributed by atoms with Gasteiger partial charge in [0, 0.05) is 31.0 Å². The molecule has 0 spiro atoms. The number of nitrogens with one attached hydrogen (secondary N) is 1. The Hall–Kier alpha value is -3.48. The highest BCUT2D eigenvalue weighted by atomic mass is 16.5. The predicted octanol–water partition coefficient (Wildman–Crippen LogP) is 3.30. The van der Waals surface area contributed by atoms with Gasteiger partial charge in [-0.3, -0.25) is 4.79 Å². The summed E-state index contributed by atoms with van der Waals surface area (Å²) in [5.41, 5.74) is 1.48. The van der Waals surface area contributed by atoms with Gasteiger partial charge in [-0.1, -0.05) is 30.3 Å². The molecule has 1 heterocycles. The van der Waals surface area contributed by atoms with Crippen LogP contribution in [-0.2, 0) is 13.2 Å². The zero-order chi connectivity index (χ0) is 20.5. The molecule has 3 rings (SSSR count). The van der Waals surface area contributed by atoms with Gasteiger partial charge in [-0.25, -0.2) is 4.98 Å². The van der Waals surface area contributed by atoms with E-state index in [4.69, 9.17) is 14.2 Å². The third-order valence-corrected chi connectivity index (χ3v) is 4.39. The number of benzene rings is 2. The molecule has 0 aliphatic carbocycles. The lowest BCUT2D eigenvalue weighted by Crippen LogP contribution is -2.25. The highest BCUT2D eigenvalue weighted by Gasteiger charge is 2.17. The van der Waals surface area contributed by atoms with E-state index >= 15 is 0 Å². The number of aromatic nitrogens is 2. The van der Waals surface area contributed by atoms with Crippen molar-refractivity contribution in [2.75, 3.05) is 20.8 Å². The third-order valence-electron chi connectivity index (χ3n) is 4.39. The minimum atomic E-state index is -0.193. The fraction of sp³-hybridized carbons (Fsp3) is 0.273. The second-order valence-electron chi connectivity index (χ2n) is 6.39. The highest BCUT2D eigenvalue weighted by Crippen LogP contribution is 2.39. The van der Waals surface area contributed by atoms with E-state index in [1.165, 1.54) is 14.2 Å². The van der Waals surface area contributed by atoms with Crippen LogP contribution in [0.25, 0.3) is 0 Å². The third kappa shape index (κ3) is 5.51. The lowest BCUT2D eigenvalue weighted by molar-refractivity contribution is 0.0952. The molecule has 1 N–H and O–H groups in total. The molecule has 7 nitrogen and oxygen atoms in total. The van der Waals surface area contributed by atoms with Crippen LogP contribution in [0.4, 0.5) is 0 Å². The Morgan fingerprint density at radius 3 is 2.45 bits per heavy atom. The normalized spacial score (nSPS) is 10.4. The van der Waals surface area contributed by atoms with Gasteiger partial charge in [-0.05, 0) is 24.1 Å². The summed E-state index contributed by atoms with van der Waals surface area (Å²) in [6, 6.07) is 13.1. The van der Waals surface area contributed by atoms with Crippen LogP contribution in [0.2, 0.25) is 0 Å². The molecule has 0 saturated carbocycles. The first-order chi connectivity index (χ1) is 14.2. The number of carbonyl (C=O) groups excluding carboxylic acids is 1. The standard InChI is InChI=1S/C22H25N3O4/c1-27-19-13-18(22(26)24-9-6-11-25-12-10-23-16-25)14-20(28-2)21(19)29-15-17-7-4-3-5-8-17/h3-5,7-8,10,12-14,16H,6,9,11,15H2,1-2H3,(H,24,26). The van der Waals surface area contributed by atoms with Crippen molar-refractivity contribution in [2.24, 2.45) is 0 Å². The number of rotatable bonds is 10. The minimum absolute atomic E-state index is 0.193. The molecule has 1 amide bonds. The Bertz CT molecular complexity index is 886. The molecular weight excluding hydrogens is 370 g/mol. The zero-order valence-corrected chi connectivity index (χ0v) is 16.6. The fourth-order valence-corrected chi connectivity index (χ4v) is 2.87. The number of carbonyl (C=O) groups is 1. The highest BCUT2D eigenvalue weighted by molar-refractivity contribution is 5.95. The van der Waals surface area contributed by atoms with Gasteiger partial charge in [-0.15, -0.1) is 0 Å². The molecule has 0 aliphatic heterocycles. The second-order valence-corrected chi connectivity index (χ2v) is 6.39. The summed E-state index contributed by atoms with van der Waals surface area (Å²) >= 11 is 0. The van der Waals surface area contributed by atoms with E-state index in [9.17, 15) is 4.79 Å². The van der Waals surface area contributed by atoms with Crippen molar-refractivity contribution >= 4 is 5.91 Å². The molecule has 0 aliphatic rings. The van der Waals surface area contributed by atoms with E-state index in [0.717, 1.165) is 18.5 Å². The number of amides is 1. The zero-order valence-electron chi connectivity index (χ0n) is 16.6. The van der Waals surface area contributed by atoms with Crippen molar-refractivity contribution in [1.82, 2.24) is 14.9 Å². The molecule has 2 aromatic carbocycles. The van der Waals surface area contributed by atoms with Gasteiger partial charge in [0.25, 0.3) is 5.91 Å². The van der Waals surface area contributed by atoms with E-state index < -0.39 is 0 Å². The van der Waals surface area contributed by atoms with Crippen LogP contribution >= 0.6 is 0 Å². The molecule has 152 valence electrons. The summed E-state index contributed by atoms with van der Waals surface area (Å²) in [6.07, 6.45) is 6.19. The summed E-state index contributed by atoms with van der Waals surface area (Å²) in [5.74, 6) is 1.17. The summed E-state index contributed by atoms with van der Waals surface area (Å²) < 4.78 is 18.8. The first kappa shape index (κ1) is 20.3. The molecule has 3 aromatic rings. The van der Waals surface area contributed by atoms with Gasteiger partial charge in [0.05, 0.1) is 20.5 Å². The number of methoxy groups -OCH3 is 2. The maximum atomic E-state index is 12.6. The summed E-state index contributed by atoms with van der Waals surface area (Å²) in [5, 5.41) is 2.92. The molecule has 0 saturated heterocycles. The molecular formula is C22H25N3O4. The topological polar surface area (TPSA) is 74.6 Å². The molecule has 0 fully saturated rings. The van der Waals surface area contributed by atoms with Crippen LogP contribution in [0.15, 0.2) is 61.2 Å². The monoisotopic (exact) mass is 395 g/mol. The largest absolute Gasteiger partial charge is 0.493 e. The van der Waals surface area contributed by atoms with E-state index in [1.54, 1.807) is 24.7 Å². The molecule has 0 atom stereocenters. The Labute approximate surface area is 170 Å². The van der Waals surface area contributed by atoms with Gasteiger partial charge in [-0.2, -0.15) is 0 Å².